The standard InChI is InChI=1S/C19H27N3O3S/c1-14-6-2-3-7-17(14)26(24,25)21-16-12-19(18(23)20-15-8-9-15)10-4-5-11-22(19)13-16/h2-3,6-7,15-16,21H,4-5,8-13H2,1H3,(H,20,23)/t16-,19-/m0/s1. The second-order valence-corrected chi connectivity index (χ2v) is 9.65. The largest absolute Gasteiger partial charge is 0.352 e. The molecule has 1 aliphatic carbocycles. The Morgan fingerprint density at radius 3 is 2.69 bits per heavy atom. The van der Waals surface area contributed by atoms with Crippen LogP contribution in [0.2, 0.25) is 0 Å². The molecule has 1 saturated carbocycles. The number of amides is 1. The van der Waals surface area contributed by atoms with Crippen LogP contribution >= 0.6 is 0 Å². The van der Waals surface area contributed by atoms with Crippen molar-refractivity contribution >= 4 is 15.9 Å². The van der Waals surface area contributed by atoms with E-state index in [1.807, 2.05) is 6.07 Å². The number of rotatable bonds is 5. The number of benzene rings is 1. The van der Waals surface area contributed by atoms with E-state index in [9.17, 15) is 13.2 Å². The van der Waals surface area contributed by atoms with Gasteiger partial charge >= 0.3 is 0 Å². The Hall–Kier alpha value is -1.44. The number of piperidine rings is 1. The smallest absolute Gasteiger partial charge is 0.241 e. The maximum Gasteiger partial charge on any atom is 0.241 e. The van der Waals surface area contributed by atoms with Crippen molar-refractivity contribution in [1.29, 1.82) is 0 Å². The molecule has 2 N–H and O–H groups in total. The van der Waals surface area contributed by atoms with Gasteiger partial charge in [0.15, 0.2) is 0 Å². The van der Waals surface area contributed by atoms with Crippen LogP contribution in [-0.2, 0) is 14.8 Å². The lowest BCUT2D eigenvalue weighted by molar-refractivity contribution is -0.134. The summed E-state index contributed by atoms with van der Waals surface area (Å²) in [6.07, 6.45) is 5.57. The number of carbonyl (C=O) groups is 1. The van der Waals surface area contributed by atoms with E-state index in [0.29, 0.717) is 23.9 Å². The van der Waals surface area contributed by atoms with Gasteiger partial charge in [0.1, 0.15) is 5.54 Å². The van der Waals surface area contributed by atoms with Crippen molar-refractivity contribution in [1.82, 2.24) is 14.9 Å². The lowest BCUT2D eigenvalue weighted by Gasteiger charge is -2.40. The van der Waals surface area contributed by atoms with Gasteiger partial charge in [-0.15, -0.1) is 0 Å². The molecule has 0 spiro atoms. The normalized spacial score (nSPS) is 29.3. The zero-order valence-corrected chi connectivity index (χ0v) is 16.0. The first-order valence-corrected chi connectivity index (χ1v) is 11.0. The second-order valence-electron chi connectivity index (χ2n) is 7.97. The minimum atomic E-state index is -3.59. The van der Waals surface area contributed by atoms with Crippen molar-refractivity contribution < 1.29 is 13.2 Å². The van der Waals surface area contributed by atoms with E-state index in [2.05, 4.69) is 14.9 Å². The van der Waals surface area contributed by atoms with E-state index in [1.54, 1.807) is 25.1 Å². The molecule has 1 amide bonds. The lowest BCUT2D eigenvalue weighted by atomic mass is 9.85. The summed E-state index contributed by atoms with van der Waals surface area (Å²) < 4.78 is 28.6. The molecule has 1 aromatic carbocycles. The Balaban J connectivity index is 1.53. The fourth-order valence-electron chi connectivity index (χ4n) is 4.44. The molecule has 0 unspecified atom stereocenters. The van der Waals surface area contributed by atoms with Crippen LogP contribution in [0.5, 0.6) is 0 Å². The van der Waals surface area contributed by atoms with Crippen molar-refractivity contribution in [3.63, 3.8) is 0 Å². The second kappa shape index (κ2) is 6.62. The summed E-state index contributed by atoms with van der Waals surface area (Å²) in [4.78, 5) is 15.5. The van der Waals surface area contributed by atoms with Gasteiger partial charge in [0.05, 0.1) is 4.90 Å². The highest BCUT2D eigenvalue weighted by Crippen LogP contribution is 2.39. The van der Waals surface area contributed by atoms with Gasteiger partial charge < -0.3 is 5.32 Å². The predicted octanol–water partition coefficient (Wildman–Crippen LogP) is 1.55. The summed E-state index contributed by atoms with van der Waals surface area (Å²) in [5, 5.41) is 3.15. The summed E-state index contributed by atoms with van der Waals surface area (Å²) in [7, 11) is -3.59. The number of fused-ring (bicyclic) bond motifs is 1. The Kier molecular flexibility index (Phi) is 4.57. The fourth-order valence-corrected chi connectivity index (χ4v) is 5.92. The van der Waals surface area contributed by atoms with Crippen LogP contribution < -0.4 is 10.0 Å². The van der Waals surface area contributed by atoms with Gasteiger partial charge in [-0.3, -0.25) is 9.69 Å². The Labute approximate surface area is 155 Å². The van der Waals surface area contributed by atoms with Gasteiger partial charge in [-0.2, -0.15) is 0 Å². The van der Waals surface area contributed by atoms with E-state index < -0.39 is 15.6 Å². The molecule has 2 aliphatic heterocycles. The topological polar surface area (TPSA) is 78.5 Å². The van der Waals surface area contributed by atoms with E-state index in [0.717, 1.165) is 44.2 Å². The van der Waals surface area contributed by atoms with Crippen LogP contribution in [-0.4, -0.2) is 49.9 Å². The Morgan fingerprint density at radius 1 is 1.19 bits per heavy atom. The molecule has 0 aromatic heterocycles. The molecular formula is C19H27N3O3S. The Bertz CT molecular complexity index is 806. The summed E-state index contributed by atoms with van der Waals surface area (Å²) >= 11 is 0. The van der Waals surface area contributed by atoms with E-state index in [-0.39, 0.29) is 11.9 Å². The third kappa shape index (κ3) is 3.28. The number of nitrogens with one attached hydrogen (secondary N) is 2. The maximum absolute atomic E-state index is 13.0. The van der Waals surface area contributed by atoms with Crippen molar-refractivity contribution in [3.05, 3.63) is 29.8 Å². The summed E-state index contributed by atoms with van der Waals surface area (Å²) in [6, 6.07) is 7.10. The quantitative estimate of drug-likeness (QED) is 0.816. The van der Waals surface area contributed by atoms with Gasteiger partial charge in [-0.05, 0) is 63.6 Å². The number of aryl methyl sites for hydroxylation is 1. The van der Waals surface area contributed by atoms with E-state index in [1.165, 1.54) is 0 Å². The molecule has 2 saturated heterocycles. The van der Waals surface area contributed by atoms with Gasteiger partial charge in [-0.25, -0.2) is 13.1 Å². The van der Waals surface area contributed by atoms with Gasteiger partial charge in [-0.1, -0.05) is 18.2 Å². The summed E-state index contributed by atoms with van der Waals surface area (Å²) in [5.74, 6) is 0.0947. The van der Waals surface area contributed by atoms with Gasteiger partial charge in [0.25, 0.3) is 0 Å². The minimum Gasteiger partial charge on any atom is -0.352 e. The molecule has 142 valence electrons. The monoisotopic (exact) mass is 377 g/mol. The molecule has 1 aromatic rings. The molecule has 6 nitrogen and oxygen atoms in total. The Morgan fingerprint density at radius 2 is 1.96 bits per heavy atom. The lowest BCUT2D eigenvalue weighted by Crippen LogP contribution is -2.57. The number of hydrogen-bond donors (Lipinski definition) is 2. The molecular weight excluding hydrogens is 350 g/mol. The SMILES string of the molecule is Cc1ccccc1S(=O)(=O)N[C@@H]1CN2CCCC[C@@]2(C(=O)NC2CC2)C1. The zero-order valence-electron chi connectivity index (χ0n) is 15.2. The molecule has 0 bridgehead atoms. The first kappa shape index (κ1) is 17.9. The maximum atomic E-state index is 13.0. The van der Waals surface area contributed by atoms with Crippen molar-refractivity contribution in [3.8, 4) is 0 Å². The van der Waals surface area contributed by atoms with Crippen LogP contribution in [0.15, 0.2) is 29.2 Å². The van der Waals surface area contributed by atoms with Crippen molar-refractivity contribution in [2.45, 2.75) is 68.0 Å². The van der Waals surface area contributed by atoms with Crippen molar-refractivity contribution in [2.24, 2.45) is 0 Å². The van der Waals surface area contributed by atoms with Crippen molar-refractivity contribution in [2.75, 3.05) is 13.1 Å². The third-order valence-corrected chi connectivity index (χ3v) is 7.62. The van der Waals surface area contributed by atoms with Crippen LogP contribution in [0.1, 0.15) is 44.1 Å². The highest BCUT2D eigenvalue weighted by molar-refractivity contribution is 7.89. The highest BCUT2D eigenvalue weighted by Gasteiger charge is 2.53. The number of hydrogen-bond acceptors (Lipinski definition) is 4. The van der Waals surface area contributed by atoms with E-state index in [4.69, 9.17) is 0 Å². The van der Waals surface area contributed by atoms with Crippen LogP contribution in [0.3, 0.4) is 0 Å². The first-order chi connectivity index (χ1) is 12.4. The van der Waals surface area contributed by atoms with Crippen LogP contribution in [0.25, 0.3) is 0 Å². The average Bonchev–Trinajstić information content (AvgIpc) is 3.32. The minimum absolute atomic E-state index is 0.0947. The number of sulfonamides is 1. The number of carbonyl (C=O) groups excluding carboxylic acids is 1. The van der Waals surface area contributed by atoms with Gasteiger partial charge in [0, 0.05) is 18.6 Å². The van der Waals surface area contributed by atoms with Crippen LogP contribution in [0, 0.1) is 6.92 Å². The molecule has 26 heavy (non-hydrogen) atoms. The van der Waals surface area contributed by atoms with E-state index >= 15 is 0 Å². The fraction of sp³-hybridized carbons (Fsp3) is 0.632. The third-order valence-electron chi connectivity index (χ3n) is 5.94. The molecule has 4 rings (SSSR count). The molecule has 3 aliphatic rings. The summed E-state index contributed by atoms with van der Waals surface area (Å²) in [6.45, 7) is 3.26. The van der Waals surface area contributed by atoms with Gasteiger partial charge in [0.2, 0.25) is 15.9 Å². The molecule has 0 radical (unpaired) electrons. The predicted molar refractivity (Wildman–Crippen MR) is 99.2 cm³/mol. The highest BCUT2D eigenvalue weighted by atomic mass is 32.2. The first-order valence-electron chi connectivity index (χ1n) is 9.55. The molecule has 7 heteroatoms. The summed E-state index contributed by atoms with van der Waals surface area (Å²) in [5.41, 5.74) is 0.191. The molecule has 2 heterocycles. The zero-order chi connectivity index (χ0) is 18.4. The molecule has 3 fully saturated rings. The molecule has 2 atom stereocenters. The average molecular weight is 378 g/mol. The number of nitrogens with zero attached hydrogens (tertiary/aromatic N) is 1. The van der Waals surface area contributed by atoms with Crippen LogP contribution in [0.4, 0.5) is 0 Å².